The van der Waals surface area contributed by atoms with Crippen molar-refractivity contribution in [1.82, 2.24) is 10.2 Å². The molecular weight excluding hydrogens is 372 g/mol. The molecule has 1 spiro atoms. The van der Waals surface area contributed by atoms with Gasteiger partial charge in [0.1, 0.15) is 18.2 Å². The standard InChI is InChI=1S/C22H26N2O5/c1-3-4-5-15(27)23-22-9-8-14(26)20-21(22)10-11-24(2)19(22)17(28)12-6-7-13(25)18(29-20)16(12)21/h6-9,14,19-20,25-26H,3-5,10-11H2,1-2H3,(H,23,27)/t14-,19+,20-,21-,22+/m0/s1. The quantitative estimate of drug-likeness (QED) is 0.661. The topological polar surface area (TPSA) is 99.1 Å². The molecule has 5 atom stereocenters. The second-order valence-corrected chi connectivity index (χ2v) is 8.71. The number of amides is 1. The van der Waals surface area contributed by atoms with Gasteiger partial charge in [-0.2, -0.15) is 0 Å². The van der Waals surface area contributed by atoms with E-state index < -0.39 is 29.2 Å². The number of benzene rings is 1. The predicted molar refractivity (Wildman–Crippen MR) is 105 cm³/mol. The lowest BCUT2D eigenvalue weighted by Gasteiger charge is -2.62. The summed E-state index contributed by atoms with van der Waals surface area (Å²) in [5, 5.41) is 24.5. The Hall–Kier alpha value is -2.38. The lowest BCUT2D eigenvalue weighted by Crippen LogP contribution is -2.81. The third-order valence-corrected chi connectivity index (χ3v) is 7.27. The smallest absolute Gasteiger partial charge is 0.220 e. The number of unbranched alkanes of at least 4 members (excludes halogenated alkanes) is 1. The number of ketones is 1. The molecule has 3 N–H and O–H groups in total. The van der Waals surface area contributed by atoms with Crippen molar-refractivity contribution in [3.05, 3.63) is 35.4 Å². The summed E-state index contributed by atoms with van der Waals surface area (Å²) in [7, 11) is 1.89. The van der Waals surface area contributed by atoms with Gasteiger partial charge in [-0.3, -0.25) is 14.5 Å². The highest BCUT2D eigenvalue weighted by atomic mass is 16.5. The van der Waals surface area contributed by atoms with Gasteiger partial charge in [-0.15, -0.1) is 0 Å². The Labute approximate surface area is 169 Å². The summed E-state index contributed by atoms with van der Waals surface area (Å²) in [6, 6.07) is 2.52. The van der Waals surface area contributed by atoms with Crippen LogP contribution in [0.1, 0.15) is 48.5 Å². The number of piperidine rings is 1. The molecule has 0 aromatic heterocycles. The van der Waals surface area contributed by atoms with Crippen molar-refractivity contribution >= 4 is 11.7 Å². The van der Waals surface area contributed by atoms with E-state index in [-0.39, 0.29) is 23.2 Å². The highest BCUT2D eigenvalue weighted by Crippen LogP contribution is 2.63. The normalized spacial score (nSPS) is 36.5. The number of aromatic hydroxyl groups is 1. The van der Waals surface area contributed by atoms with Gasteiger partial charge in [-0.05, 0) is 38.6 Å². The highest BCUT2D eigenvalue weighted by Gasteiger charge is 2.74. The number of ether oxygens (including phenoxy) is 1. The van der Waals surface area contributed by atoms with Gasteiger partial charge in [0.2, 0.25) is 5.91 Å². The molecule has 4 aliphatic rings. The molecule has 7 heteroatoms. The van der Waals surface area contributed by atoms with Crippen LogP contribution in [0.4, 0.5) is 0 Å². The highest BCUT2D eigenvalue weighted by molar-refractivity contribution is 6.07. The van der Waals surface area contributed by atoms with Gasteiger partial charge >= 0.3 is 0 Å². The van der Waals surface area contributed by atoms with Crippen LogP contribution in [0.5, 0.6) is 11.5 Å². The summed E-state index contributed by atoms with van der Waals surface area (Å²) in [6.07, 6.45) is 4.49. The van der Waals surface area contributed by atoms with E-state index in [4.69, 9.17) is 4.74 Å². The number of nitrogens with one attached hydrogen (secondary N) is 1. The minimum absolute atomic E-state index is 0.0453. The number of phenolic OH excluding ortho intramolecular Hbond substituents is 1. The summed E-state index contributed by atoms with van der Waals surface area (Å²) in [5.41, 5.74) is -0.691. The summed E-state index contributed by atoms with van der Waals surface area (Å²) < 4.78 is 6.12. The van der Waals surface area contributed by atoms with E-state index in [1.807, 2.05) is 24.9 Å². The van der Waals surface area contributed by atoms with Crippen LogP contribution in [0.25, 0.3) is 0 Å². The Bertz CT molecular complexity index is 943. The van der Waals surface area contributed by atoms with E-state index in [2.05, 4.69) is 5.32 Å². The number of aliphatic hydroxyl groups is 1. The molecule has 0 radical (unpaired) electrons. The number of carbonyl (C=O) groups is 2. The molecule has 29 heavy (non-hydrogen) atoms. The Morgan fingerprint density at radius 3 is 2.97 bits per heavy atom. The second-order valence-electron chi connectivity index (χ2n) is 8.71. The van der Waals surface area contributed by atoms with Gasteiger partial charge in [-0.1, -0.05) is 25.5 Å². The number of Topliss-reactive ketones (excluding diaryl/α,β-unsaturated/α-hetero) is 1. The number of carbonyl (C=O) groups excluding carboxylic acids is 2. The molecule has 1 amide bonds. The van der Waals surface area contributed by atoms with Crippen LogP contribution in [0.15, 0.2) is 24.3 Å². The third kappa shape index (κ3) is 2.09. The largest absolute Gasteiger partial charge is 0.504 e. The van der Waals surface area contributed by atoms with Gasteiger partial charge in [0.05, 0.1) is 11.0 Å². The zero-order valence-corrected chi connectivity index (χ0v) is 16.6. The zero-order valence-electron chi connectivity index (χ0n) is 16.6. The maximum absolute atomic E-state index is 13.6. The second kappa shape index (κ2) is 6.06. The van der Waals surface area contributed by atoms with Gasteiger partial charge < -0.3 is 20.3 Å². The minimum Gasteiger partial charge on any atom is -0.504 e. The van der Waals surface area contributed by atoms with Crippen molar-refractivity contribution in [2.24, 2.45) is 0 Å². The number of aliphatic hydroxyl groups excluding tert-OH is 1. The fourth-order valence-corrected chi connectivity index (χ4v) is 6.06. The van der Waals surface area contributed by atoms with Crippen LogP contribution in [-0.2, 0) is 10.2 Å². The van der Waals surface area contributed by atoms with Crippen molar-refractivity contribution in [1.29, 1.82) is 0 Å². The summed E-state index contributed by atoms with van der Waals surface area (Å²) in [4.78, 5) is 28.5. The number of likely N-dealkylation sites (N-methyl/N-ethyl adjacent to an activating group) is 1. The molecule has 154 valence electrons. The van der Waals surface area contributed by atoms with E-state index >= 15 is 0 Å². The average Bonchev–Trinajstić information content (AvgIpc) is 3.05. The van der Waals surface area contributed by atoms with E-state index in [1.54, 1.807) is 12.1 Å². The van der Waals surface area contributed by atoms with Gasteiger partial charge in [0.15, 0.2) is 17.3 Å². The SMILES string of the molecule is CCCCC(=O)N[C@@]12C=C[C@H](O)[C@@H]3Oc4c(O)ccc5c4[C@@]31CCN(C)[C@@H]2C5=O. The Morgan fingerprint density at radius 1 is 1.41 bits per heavy atom. The lowest BCUT2D eigenvalue weighted by atomic mass is 9.48. The minimum atomic E-state index is -1.03. The molecule has 5 rings (SSSR count). The molecule has 1 aromatic carbocycles. The number of rotatable bonds is 4. The average molecular weight is 398 g/mol. The summed E-state index contributed by atoms with van der Waals surface area (Å²) in [6.45, 7) is 2.65. The zero-order chi connectivity index (χ0) is 20.6. The van der Waals surface area contributed by atoms with Crippen LogP contribution >= 0.6 is 0 Å². The number of nitrogens with zero attached hydrogens (tertiary/aromatic N) is 1. The van der Waals surface area contributed by atoms with E-state index in [9.17, 15) is 19.8 Å². The van der Waals surface area contributed by atoms with Crippen molar-refractivity contribution in [3.63, 3.8) is 0 Å². The molecule has 1 saturated heterocycles. The molecular formula is C22H26N2O5. The number of phenols is 1. The van der Waals surface area contributed by atoms with Crippen molar-refractivity contribution in [2.45, 2.75) is 61.8 Å². The molecule has 0 saturated carbocycles. The molecule has 1 aromatic rings. The molecule has 2 aliphatic heterocycles. The lowest BCUT2D eigenvalue weighted by molar-refractivity contribution is -0.128. The Balaban J connectivity index is 1.78. The number of hydrogen-bond acceptors (Lipinski definition) is 6. The fourth-order valence-electron chi connectivity index (χ4n) is 6.06. The first-order chi connectivity index (χ1) is 13.9. The molecule has 2 heterocycles. The van der Waals surface area contributed by atoms with Crippen molar-refractivity contribution < 1.29 is 24.5 Å². The first kappa shape index (κ1) is 18.6. The first-order valence-corrected chi connectivity index (χ1v) is 10.3. The van der Waals surface area contributed by atoms with E-state index in [0.29, 0.717) is 30.5 Å². The van der Waals surface area contributed by atoms with Crippen LogP contribution in [-0.4, -0.2) is 64.2 Å². The van der Waals surface area contributed by atoms with Crippen LogP contribution in [0.3, 0.4) is 0 Å². The molecule has 1 fully saturated rings. The third-order valence-electron chi connectivity index (χ3n) is 7.27. The monoisotopic (exact) mass is 398 g/mol. The van der Waals surface area contributed by atoms with E-state index in [1.165, 1.54) is 6.07 Å². The molecule has 2 aliphatic carbocycles. The van der Waals surface area contributed by atoms with E-state index in [0.717, 1.165) is 12.8 Å². The predicted octanol–water partition coefficient (Wildman–Crippen LogP) is 1.27. The summed E-state index contributed by atoms with van der Waals surface area (Å²) in [5.74, 6) is 0.00576. The van der Waals surface area contributed by atoms with Crippen molar-refractivity contribution in [3.8, 4) is 11.5 Å². The molecule has 0 unspecified atom stereocenters. The Morgan fingerprint density at radius 2 is 2.21 bits per heavy atom. The maximum Gasteiger partial charge on any atom is 0.220 e. The fraction of sp³-hybridized carbons (Fsp3) is 0.545. The van der Waals surface area contributed by atoms with Gasteiger partial charge in [-0.25, -0.2) is 0 Å². The van der Waals surface area contributed by atoms with Gasteiger partial charge in [0, 0.05) is 17.5 Å². The first-order valence-electron chi connectivity index (χ1n) is 10.3. The van der Waals surface area contributed by atoms with Gasteiger partial charge in [0.25, 0.3) is 0 Å². The number of hydrogen-bond donors (Lipinski definition) is 3. The number of likely N-dealkylation sites (tertiary alicyclic amines) is 1. The van der Waals surface area contributed by atoms with Crippen molar-refractivity contribution in [2.75, 3.05) is 13.6 Å². The maximum atomic E-state index is 13.6. The van der Waals surface area contributed by atoms with Crippen LogP contribution in [0.2, 0.25) is 0 Å². The molecule has 2 bridgehead atoms. The Kier molecular flexibility index (Phi) is 3.89. The molecule has 7 nitrogen and oxygen atoms in total. The van der Waals surface area contributed by atoms with Crippen LogP contribution in [0, 0.1) is 0 Å². The van der Waals surface area contributed by atoms with Crippen LogP contribution < -0.4 is 10.1 Å². The summed E-state index contributed by atoms with van der Waals surface area (Å²) >= 11 is 0.